The Morgan fingerprint density at radius 2 is 1.45 bits per heavy atom. The van der Waals surface area contributed by atoms with Gasteiger partial charge in [0.1, 0.15) is 6.04 Å². The van der Waals surface area contributed by atoms with Crippen LogP contribution in [0.3, 0.4) is 0 Å². The van der Waals surface area contributed by atoms with Crippen molar-refractivity contribution >= 4 is 11.8 Å². The lowest BCUT2D eigenvalue weighted by atomic mass is 9.88. The summed E-state index contributed by atoms with van der Waals surface area (Å²) in [6, 6.07) is 27.6. The first-order chi connectivity index (χ1) is 15.0. The van der Waals surface area contributed by atoms with Crippen LogP contribution in [0.2, 0.25) is 0 Å². The zero-order valence-corrected chi connectivity index (χ0v) is 18.4. The molecular formula is C27H30N2O2. The Hall–Kier alpha value is -3.40. The van der Waals surface area contributed by atoms with Gasteiger partial charge < -0.3 is 10.2 Å². The summed E-state index contributed by atoms with van der Waals surface area (Å²) in [7, 11) is 1.60. The molecule has 3 rings (SSSR count). The molecule has 160 valence electrons. The van der Waals surface area contributed by atoms with E-state index in [2.05, 4.69) is 35.6 Å². The predicted molar refractivity (Wildman–Crippen MR) is 125 cm³/mol. The minimum atomic E-state index is -0.565. The molecule has 0 aromatic heterocycles. The van der Waals surface area contributed by atoms with Crippen LogP contribution >= 0.6 is 0 Å². The zero-order valence-electron chi connectivity index (χ0n) is 18.4. The molecule has 0 aliphatic rings. The first-order valence-electron chi connectivity index (χ1n) is 10.7. The van der Waals surface area contributed by atoms with Crippen molar-refractivity contribution in [2.45, 2.75) is 38.8 Å². The lowest BCUT2D eigenvalue weighted by molar-refractivity contribution is -0.140. The third-order valence-corrected chi connectivity index (χ3v) is 5.63. The van der Waals surface area contributed by atoms with E-state index in [0.717, 1.165) is 22.3 Å². The summed E-state index contributed by atoms with van der Waals surface area (Å²) in [6.45, 7) is 4.21. The fourth-order valence-electron chi connectivity index (χ4n) is 3.89. The zero-order chi connectivity index (χ0) is 22.2. The molecule has 3 aromatic rings. The minimum absolute atomic E-state index is 0.0460. The second kappa shape index (κ2) is 10.6. The van der Waals surface area contributed by atoms with Crippen molar-refractivity contribution in [3.8, 4) is 0 Å². The molecule has 0 aliphatic carbocycles. The van der Waals surface area contributed by atoms with Gasteiger partial charge in [0.2, 0.25) is 11.8 Å². The number of hydrogen-bond acceptors (Lipinski definition) is 2. The highest BCUT2D eigenvalue weighted by Gasteiger charge is 2.28. The second-order valence-corrected chi connectivity index (χ2v) is 7.88. The van der Waals surface area contributed by atoms with E-state index in [0.29, 0.717) is 13.0 Å². The van der Waals surface area contributed by atoms with Gasteiger partial charge in [0.25, 0.3) is 0 Å². The number of carbonyl (C=O) groups is 2. The third-order valence-electron chi connectivity index (χ3n) is 5.63. The molecule has 0 unspecified atom stereocenters. The first-order valence-corrected chi connectivity index (χ1v) is 10.7. The summed E-state index contributed by atoms with van der Waals surface area (Å²) in [5.41, 5.74) is 4.32. The van der Waals surface area contributed by atoms with Crippen molar-refractivity contribution in [3.63, 3.8) is 0 Å². The Morgan fingerprint density at radius 3 is 1.97 bits per heavy atom. The van der Waals surface area contributed by atoms with Crippen LogP contribution in [0.5, 0.6) is 0 Å². The molecule has 2 amide bonds. The fraction of sp³-hybridized carbons (Fsp3) is 0.259. The number of nitrogens with one attached hydrogen (secondary N) is 1. The summed E-state index contributed by atoms with van der Waals surface area (Å²) >= 11 is 0. The van der Waals surface area contributed by atoms with Crippen molar-refractivity contribution < 1.29 is 9.59 Å². The van der Waals surface area contributed by atoms with Crippen LogP contribution in [0.15, 0.2) is 84.9 Å². The number of amides is 2. The molecule has 4 heteroatoms. The van der Waals surface area contributed by atoms with Gasteiger partial charge >= 0.3 is 0 Å². The number of hydrogen-bond donors (Lipinski definition) is 1. The van der Waals surface area contributed by atoms with Gasteiger partial charge in [0.05, 0.1) is 0 Å². The molecule has 0 fully saturated rings. The Labute approximate surface area is 184 Å². The van der Waals surface area contributed by atoms with Crippen LogP contribution in [-0.4, -0.2) is 29.8 Å². The maximum atomic E-state index is 13.6. The largest absolute Gasteiger partial charge is 0.357 e. The molecular weight excluding hydrogens is 384 g/mol. The van der Waals surface area contributed by atoms with E-state index in [1.165, 1.54) is 0 Å². The standard InChI is InChI=1S/C27H30N2O2/c1-20-11-10-12-22(17-20)19-29(21(2)27(31)28-3)26(30)18-25(23-13-6-4-7-14-23)24-15-8-5-9-16-24/h4-17,21,25H,18-19H2,1-3H3,(H,28,31)/t21-/m0/s1. The van der Waals surface area contributed by atoms with Crippen LogP contribution in [0, 0.1) is 6.92 Å². The van der Waals surface area contributed by atoms with E-state index in [9.17, 15) is 9.59 Å². The molecule has 1 atom stereocenters. The van der Waals surface area contributed by atoms with E-state index >= 15 is 0 Å². The first kappa shape index (κ1) is 22.3. The van der Waals surface area contributed by atoms with Crippen LogP contribution < -0.4 is 5.32 Å². The van der Waals surface area contributed by atoms with Gasteiger partial charge in [0, 0.05) is 25.9 Å². The third kappa shape index (κ3) is 5.82. The number of aryl methyl sites for hydroxylation is 1. The van der Waals surface area contributed by atoms with Crippen molar-refractivity contribution in [1.29, 1.82) is 0 Å². The SMILES string of the molecule is CNC(=O)[C@H](C)N(Cc1cccc(C)c1)C(=O)CC(c1ccccc1)c1ccccc1. The van der Waals surface area contributed by atoms with E-state index in [1.807, 2.05) is 61.5 Å². The molecule has 0 saturated carbocycles. The summed E-state index contributed by atoms with van der Waals surface area (Å²) in [6.07, 6.45) is 0.293. The molecule has 0 bridgehead atoms. The highest BCUT2D eigenvalue weighted by Crippen LogP contribution is 2.29. The van der Waals surface area contributed by atoms with Crippen molar-refractivity contribution in [3.05, 3.63) is 107 Å². The van der Waals surface area contributed by atoms with Gasteiger partial charge in [-0.05, 0) is 30.5 Å². The average Bonchev–Trinajstić information content (AvgIpc) is 2.81. The quantitative estimate of drug-likeness (QED) is 0.582. The number of carbonyl (C=O) groups excluding carboxylic acids is 2. The van der Waals surface area contributed by atoms with Gasteiger partial charge in [-0.15, -0.1) is 0 Å². The normalized spacial score (nSPS) is 11.7. The summed E-state index contributed by atoms with van der Waals surface area (Å²) in [4.78, 5) is 27.7. The number of likely N-dealkylation sites (N-methyl/N-ethyl adjacent to an activating group) is 1. The van der Waals surface area contributed by atoms with Gasteiger partial charge in [-0.3, -0.25) is 9.59 Å². The van der Waals surface area contributed by atoms with Crippen molar-refractivity contribution in [2.24, 2.45) is 0 Å². The summed E-state index contributed by atoms with van der Waals surface area (Å²) in [5.74, 6) is -0.293. The van der Waals surface area contributed by atoms with Crippen LogP contribution in [0.4, 0.5) is 0 Å². The Balaban J connectivity index is 1.91. The maximum Gasteiger partial charge on any atom is 0.242 e. The number of rotatable bonds is 8. The topological polar surface area (TPSA) is 49.4 Å². The van der Waals surface area contributed by atoms with Crippen LogP contribution in [-0.2, 0) is 16.1 Å². The number of nitrogens with zero attached hydrogens (tertiary/aromatic N) is 1. The Morgan fingerprint density at radius 1 is 0.871 bits per heavy atom. The number of benzene rings is 3. The minimum Gasteiger partial charge on any atom is -0.357 e. The predicted octanol–water partition coefficient (Wildman–Crippen LogP) is 4.68. The monoisotopic (exact) mass is 414 g/mol. The molecule has 31 heavy (non-hydrogen) atoms. The maximum absolute atomic E-state index is 13.6. The fourth-order valence-corrected chi connectivity index (χ4v) is 3.89. The van der Waals surface area contributed by atoms with Crippen molar-refractivity contribution in [2.75, 3.05) is 7.05 Å². The molecule has 3 aromatic carbocycles. The van der Waals surface area contributed by atoms with Gasteiger partial charge in [-0.1, -0.05) is 90.5 Å². The summed E-state index contributed by atoms with van der Waals surface area (Å²) in [5, 5.41) is 2.68. The lowest BCUT2D eigenvalue weighted by Gasteiger charge is -2.30. The van der Waals surface area contributed by atoms with Gasteiger partial charge in [-0.2, -0.15) is 0 Å². The van der Waals surface area contributed by atoms with Gasteiger partial charge in [0.15, 0.2) is 0 Å². The Bertz CT molecular complexity index is 963. The van der Waals surface area contributed by atoms with Crippen LogP contribution in [0.1, 0.15) is 41.5 Å². The second-order valence-electron chi connectivity index (χ2n) is 7.88. The molecule has 0 saturated heterocycles. The molecule has 4 nitrogen and oxygen atoms in total. The molecule has 0 spiro atoms. The van der Waals surface area contributed by atoms with Crippen LogP contribution in [0.25, 0.3) is 0 Å². The van der Waals surface area contributed by atoms with E-state index in [4.69, 9.17) is 0 Å². The lowest BCUT2D eigenvalue weighted by Crippen LogP contribution is -2.47. The summed E-state index contributed by atoms with van der Waals surface area (Å²) < 4.78 is 0. The molecule has 0 heterocycles. The average molecular weight is 415 g/mol. The van der Waals surface area contributed by atoms with E-state index in [1.54, 1.807) is 18.9 Å². The Kier molecular flexibility index (Phi) is 7.60. The highest BCUT2D eigenvalue weighted by atomic mass is 16.2. The highest BCUT2D eigenvalue weighted by molar-refractivity contribution is 5.87. The molecule has 1 N–H and O–H groups in total. The smallest absolute Gasteiger partial charge is 0.242 e. The molecule has 0 radical (unpaired) electrons. The van der Waals surface area contributed by atoms with E-state index < -0.39 is 6.04 Å². The van der Waals surface area contributed by atoms with E-state index in [-0.39, 0.29) is 17.7 Å². The van der Waals surface area contributed by atoms with Gasteiger partial charge in [-0.25, -0.2) is 0 Å². The molecule has 0 aliphatic heterocycles. The van der Waals surface area contributed by atoms with Crippen molar-refractivity contribution in [1.82, 2.24) is 10.2 Å².